The fraction of sp³-hybridized carbons (Fsp3) is 0.333. The average molecular weight is 373 g/mol. The summed E-state index contributed by atoms with van der Waals surface area (Å²) in [5.74, 6) is -1.34. The van der Waals surface area contributed by atoms with Crippen LogP contribution in [0.4, 0.5) is 10.8 Å². The molecule has 0 bridgehead atoms. The molecule has 26 heavy (non-hydrogen) atoms. The first kappa shape index (κ1) is 18.1. The van der Waals surface area contributed by atoms with Crippen molar-refractivity contribution < 1.29 is 19.1 Å². The lowest BCUT2D eigenvalue weighted by molar-refractivity contribution is -0.122. The number of ether oxygens (including phenoxy) is 1. The fourth-order valence-electron chi connectivity index (χ4n) is 2.69. The molecule has 1 aliphatic heterocycles. The third kappa shape index (κ3) is 3.91. The highest BCUT2D eigenvalue weighted by Crippen LogP contribution is 2.27. The Morgan fingerprint density at radius 2 is 2.08 bits per heavy atom. The average Bonchev–Trinajstić information content (AvgIpc) is 3.23. The first-order chi connectivity index (χ1) is 12.5. The van der Waals surface area contributed by atoms with Crippen LogP contribution in [0.1, 0.15) is 29.4 Å². The molecular formula is C18H19N3O4S. The molecule has 136 valence electrons. The van der Waals surface area contributed by atoms with E-state index in [0.717, 1.165) is 22.6 Å². The highest BCUT2D eigenvalue weighted by Gasteiger charge is 2.35. The van der Waals surface area contributed by atoms with Gasteiger partial charge in [-0.2, -0.15) is 0 Å². The molecular weight excluding hydrogens is 354 g/mol. The molecule has 1 aliphatic rings. The maximum Gasteiger partial charge on any atom is 0.357 e. The minimum atomic E-state index is -0.522. The molecule has 1 aromatic carbocycles. The van der Waals surface area contributed by atoms with E-state index in [1.807, 2.05) is 31.2 Å². The molecule has 2 amide bonds. The van der Waals surface area contributed by atoms with Gasteiger partial charge in [-0.1, -0.05) is 17.7 Å². The van der Waals surface area contributed by atoms with E-state index in [-0.39, 0.29) is 30.5 Å². The molecule has 1 fully saturated rings. The lowest BCUT2D eigenvalue weighted by Gasteiger charge is -2.16. The summed E-state index contributed by atoms with van der Waals surface area (Å²) in [6.07, 6.45) is 0.149. The molecule has 1 N–H and O–H groups in total. The number of nitrogens with one attached hydrogen (secondary N) is 1. The van der Waals surface area contributed by atoms with Gasteiger partial charge in [0.15, 0.2) is 10.8 Å². The van der Waals surface area contributed by atoms with Crippen molar-refractivity contribution in [2.75, 3.05) is 23.4 Å². The van der Waals surface area contributed by atoms with Crippen LogP contribution in [0.5, 0.6) is 0 Å². The molecule has 0 radical (unpaired) electrons. The topological polar surface area (TPSA) is 88.6 Å². The van der Waals surface area contributed by atoms with E-state index < -0.39 is 11.9 Å². The first-order valence-corrected chi connectivity index (χ1v) is 9.16. The Balaban J connectivity index is 1.63. The van der Waals surface area contributed by atoms with Crippen molar-refractivity contribution in [2.24, 2.45) is 5.92 Å². The zero-order valence-electron chi connectivity index (χ0n) is 14.5. The Labute approximate surface area is 155 Å². The predicted molar refractivity (Wildman–Crippen MR) is 98.3 cm³/mol. The van der Waals surface area contributed by atoms with Crippen LogP contribution >= 0.6 is 11.3 Å². The second-order valence-electron chi connectivity index (χ2n) is 5.99. The van der Waals surface area contributed by atoms with Crippen LogP contribution in [0.3, 0.4) is 0 Å². The number of hydrogen-bond donors (Lipinski definition) is 1. The van der Waals surface area contributed by atoms with Crippen molar-refractivity contribution in [3.63, 3.8) is 0 Å². The number of esters is 1. The zero-order chi connectivity index (χ0) is 18.7. The highest BCUT2D eigenvalue weighted by atomic mass is 32.1. The molecule has 0 aliphatic carbocycles. The summed E-state index contributed by atoms with van der Waals surface area (Å²) < 4.78 is 4.87. The van der Waals surface area contributed by atoms with Crippen molar-refractivity contribution in [1.82, 2.24) is 4.98 Å². The summed E-state index contributed by atoms with van der Waals surface area (Å²) in [6.45, 7) is 4.27. The van der Waals surface area contributed by atoms with Crippen molar-refractivity contribution in [1.29, 1.82) is 0 Å². The van der Waals surface area contributed by atoms with Gasteiger partial charge in [-0.05, 0) is 26.0 Å². The van der Waals surface area contributed by atoms with Gasteiger partial charge >= 0.3 is 5.97 Å². The lowest BCUT2D eigenvalue weighted by atomic mass is 10.1. The van der Waals surface area contributed by atoms with Gasteiger partial charge < -0.3 is 15.0 Å². The van der Waals surface area contributed by atoms with Crippen LogP contribution in [-0.2, 0) is 14.3 Å². The van der Waals surface area contributed by atoms with Gasteiger partial charge in [-0.3, -0.25) is 9.59 Å². The standard InChI is InChI=1S/C18H19N3O4S/c1-3-25-17(24)14-10-26-18(19-14)20-16(23)12-8-15(22)21(9-12)13-6-4-11(2)5-7-13/h4-7,10,12H,3,8-9H2,1-2H3,(H,19,20,23). The third-order valence-electron chi connectivity index (χ3n) is 4.06. The highest BCUT2D eigenvalue weighted by molar-refractivity contribution is 7.14. The van der Waals surface area contributed by atoms with Gasteiger partial charge in [-0.15, -0.1) is 11.3 Å². The van der Waals surface area contributed by atoms with Gasteiger partial charge in [-0.25, -0.2) is 9.78 Å². The van der Waals surface area contributed by atoms with Crippen molar-refractivity contribution in [3.8, 4) is 0 Å². The summed E-state index contributed by atoms with van der Waals surface area (Å²) >= 11 is 1.15. The monoisotopic (exact) mass is 373 g/mol. The first-order valence-electron chi connectivity index (χ1n) is 8.28. The number of carbonyl (C=O) groups is 3. The number of thiazole rings is 1. The van der Waals surface area contributed by atoms with Gasteiger partial charge in [0.05, 0.1) is 12.5 Å². The van der Waals surface area contributed by atoms with E-state index in [4.69, 9.17) is 4.74 Å². The SMILES string of the molecule is CCOC(=O)c1csc(NC(=O)C2CC(=O)N(c3ccc(C)cc3)C2)n1. The minimum Gasteiger partial charge on any atom is -0.461 e. The van der Waals surface area contributed by atoms with Crippen molar-refractivity contribution in [2.45, 2.75) is 20.3 Å². The molecule has 7 nitrogen and oxygen atoms in total. The van der Waals surface area contributed by atoms with Gasteiger partial charge in [0.2, 0.25) is 11.8 Å². The maximum atomic E-state index is 12.5. The van der Waals surface area contributed by atoms with Crippen LogP contribution in [-0.4, -0.2) is 35.9 Å². The number of anilines is 2. The second kappa shape index (κ2) is 7.65. The molecule has 1 saturated heterocycles. The number of benzene rings is 1. The molecule has 0 saturated carbocycles. The van der Waals surface area contributed by atoms with E-state index >= 15 is 0 Å². The number of rotatable bonds is 5. The number of aryl methyl sites for hydroxylation is 1. The summed E-state index contributed by atoms with van der Waals surface area (Å²) in [5.41, 5.74) is 2.06. The summed E-state index contributed by atoms with van der Waals surface area (Å²) in [5, 5.41) is 4.54. The second-order valence-corrected chi connectivity index (χ2v) is 6.85. The predicted octanol–water partition coefficient (Wildman–Crippen LogP) is 2.62. The number of carbonyl (C=O) groups excluding carboxylic acids is 3. The molecule has 0 spiro atoms. The van der Waals surface area contributed by atoms with E-state index in [1.165, 1.54) is 5.38 Å². The lowest BCUT2D eigenvalue weighted by Crippen LogP contribution is -2.28. The van der Waals surface area contributed by atoms with E-state index in [1.54, 1.807) is 11.8 Å². The molecule has 3 rings (SSSR count). The van der Waals surface area contributed by atoms with Gasteiger partial charge in [0.25, 0.3) is 0 Å². The van der Waals surface area contributed by atoms with Gasteiger partial charge in [0.1, 0.15) is 0 Å². The smallest absolute Gasteiger partial charge is 0.357 e. The number of aromatic nitrogens is 1. The summed E-state index contributed by atoms with van der Waals surface area (Å²) in [4.78, 5) is 42.0. The molecule has 2 heterocycles. The van der Waals surface area contributed by atoms with Crippen LogP contribution in [0.2, 0.25) is 0 Å². The van der Waals surface area contributed by atoms with Gasteiger partial charge in [0, 0.05) is 24.0 Å². The molecule has 8 heteroatoms. The van der Waals surface area contributed by atoms with Crippen LogP contribution in [0.25, 0.3) is 0 Å². The van der Waals surface area contributed by atoms with E-state index in [0.29, 0.717) is 11.7 Å². The number of amides is 2. The summed E-state index contributed by atoms with van der Waals surface area (Å²) in [6, 6.07) is 7.62. The van der Waals surface area contributed by atoms with Crippen molar-refractivity contribution >= 4 is 39.9 Å². The van der Waals surface area contributed by atoms with E-state index in [9.17, 15) is 14.4 Å². The molecule has 1 unspecified atom stereocenters. The minimum absolute atomic E-state index is 0.0830. The Kier molecular flexibility index (Phi) is 5.32. The largest absolute Gasteiger partial charge is 0.461 e. The number of nitrogens with zero attached hydrogens (tertiary/aromatic N) is 2. The Hall–Kier alpha value is -2.74. The quantitative estimate of drug-likeness (QED) is 0.814. The van der Waals surface area contributed by atoms with Crippen molar-refractivity contribution in [3.05, 3.63) is 40.9 Å². The Morgan fingerprint density at radius 3 is 2.77 bits per heavy atom. The van der Waals surface area contributed by atoms with Crippen LogP contribution < -0.4 is 10.2 Å². The maximum absolute atomic E-state index is 12.5. The van der Waals surface area contributed by atoms with E-state index in [2.05, 4.69) is 10.3 Å². The molecule has 1 atom stereocenters. The third-order valence-corrected chi connectivity index (χ3v) is 4.82. The molecule has 2 aromatic rings. The van der Waals surface area contributed by atoms with Crippen LogP contribution in [0, 0.1) is 12.8 Å². The normalized spacial score (nSPS) is 16.6. The van der Waals surface area contributed by atoms with Crippen LogP contribution in [0.15, 0.2) is 29.6 Å². The summed E-state index contributed by atoms with van der Waals surface area (Å²) in [7, 11) is 0. The Morgan fingerprint density at radius 1 is 1.35 bits per heavy atom. The zero-order valence-corrected chi connectivity index (χ0v) is 15.3. The Bertz CT molecular complexity index is 831. The fourth-order valence-corrected chi connectivity index (χ4v) is 3.38. The molecule has 1 aromatic heterocycles. The number of hydrogen-bond acceptors (Lipinski definition) is 6.